The summed E-state index contributed by atoms with van der Waals surface area (Å²) in [6.07, 6.45) is 7.54. The van der Waals surface area contributed by atoms with Crippen molar-refractivity contribution in [2.24, 2.45) is 5.92 Å². The first-order valence-corrected chi connectivity index (χ1v) is 10.1. The summed E-state index contributed by atoms with van der Waals surface area (Å²) in [6.45, 7) is 0.879. The lowest BCUT2D eigenvalue weighted by atomic mass is 10.0. The lowest BCUT2D eigenvalue weighted by Crippen LogP contribution is -2.32. The maximum absolute atomic E-state index is 12.7. The monoisotopic (exact) mass is 360 g/mol. The predicted octanol–water partition coefficient (Wildman–Crippen LogP) is 2.80. The minimum Gasteiger partial charge on any atom is -0.354 e. The van der Waals surface area contributed by atoms with E-state index in [2.05, 4.69) is 10.4 Å². The summed E-state index contributed by atoms with van der Waals surface area (Å²) >= 11 is 1.60. The van der Waals surface area contributed by atoms with E-state index in [1.807, 2.05) is 22.1 Å². The third kappa shape index (κ3) is 3.71. The van der Waals surface area contributed by atoms with Crippen LogP contribution in [0.3, 0.4) is 0 Å². The first-order valence-electron chi connectivity index (χ1n) is 9.22. The van der Waals surface area contributed by atoms with Crippen LogP contribution in [0.2, 0.25) is 0 Å². The van der Waals surface area contributed by atoms with Gasteiger partial charge in [-0.2, -0.15) is 0 Å². The van der Waals surface area contributed by atoms with Crippen molar-refractivity contribution in [3.05, 3.63) is 28.0 Å². The van der Waals surface area contributed by atoms with Gasteiger partial charge in [0.2, 0.25) is 5.91 Å². The minimum atomic E-state index is -0.0593. The molecule has 6 nitrogen and oxygen atoms in total. The van der Waals surface area contributed by atoms with Gasteiger partial charge in [0, 0.05) is 19.0 Å². The molecule has 4 rings (SSSR count). The van der Waals surface area contributed by atoms with E-state index in [0.29, 0.717) is 25.4 Å². The minimum absolute atomic E-state index is 0.0593. The van der Waals surface area contributed by atoms with Crippen LogP contribution < -0.4 is 11.0 Å². The summed E-state index contributed by atoms with van der Waals surface area (Å²) in [7, 11) is 0. The highest BCUT2D eigenvalue weighted by Crippen LogP contribution is 2.37. The molecule has 2 aromatic rings. The van der Waals surface area contributed by atoms with Crippen LogP contribution in [0.15, 0.2) is 22.3 Å². The van der Waals surface area contributed by atoms with Crippen LogP contribution in [-0.2, 0) is 11.3 Å². The number of amides is 1. The molecule has 134 valence electrons. The lowest BCUT2D eigenvalue weighted by Gasteiger charge is -2.09. The second-order valence-corrected chi connectivity index (χ2v) is 8.06. The van der Waals surface area contributed by atoms with Gasteiger partial charge in [-0.05, 0) is 43.0 Å². The highest BCUT2D eigenvalue weighted by atomic mass is 32.1. The number of carbonyl (C=O) groups excluding carboxylic acids is 1. The van der Waals surface area contributed by atoms with E-state index < -0.39 is 0 Å². The van der Waals surface area contributed by atoms with Crippen LogP contribution >= 0.6 is 11.3 Å². The van der Waals surface area contributed by atoms with Gasteiger partial charge in [0.1, 0.15) is 0 Å². The average molecular weight is 360 g/mol. The number of hydrogen-bond donors (Lipinski definition) is 1. The van der Waals surface area contributed by atoms with Gasteiger partial charge in [-0.15, -0.1) is 16.4 Å². The largest absolute Gasteiger partial charge is 0.354 e. The molecule has 2 saturated carbocycles. The topological polar surface area (TPSA) is 68.9 Å². The van der Waals surface area contributed by atoms with E-state index >= 15 is 0 Å². The lowest BCUT2D eigenvalue weighted by molar-refractivity contribution is -0.122. The Morgan fingerprint density at radius 1 is 1.28 bits per heavy atom. The molecular formula is C18H24N4O2S. The molecule has 0 unspecified atom stereocenters. The number of aromatic nitrogens is 3. The van der Waals surface area contributed by atoms with Gasteiger partial charge in [0.15, 0.2) is 5.82 Å². The number of hydrogen-bond acceptors (Lipinski definition) is 4. The van der Waals surface area contributed by atoms with Crippen molar-refractivity contribution in [3.63, 3.8) is 0 Å². The molecule has 2 fully saturated rings. The molecule has 0 aromatic carbocycles. The Hall–Kier alpha value is -1.89. The summed E-state index contributed by atoms with van der Waals surface area (Å²) in [6, 6.07) is 4.26. The van der Waals surface area contributed by atoms with Crippen LogP contribution in [0, 0.1) is 5.92 Å². The average Bonchev–Trinajstić information content (AvgIpc) is 3.02. The fourth-order valence-corrected chi connectivity index (χ4v) is 4.36. The molecule has 0 radical (unpaired) electrons. The van der Waals surface area contributed by atoms with E-state index in [1.54, 1.807) is 11.3 Å². The Morgan fingerprint density at radius 2 is 2.08 bits per heavy atom. The van der Waals surface area contributed by atoms with E-state index in [9.17, 15) is 9.59 Å². The summed E-state index contributed by atoms with van der Waals surface area (Å²) in [5, 5.41) is 9.49. The molecule has 0 bridgehead atoms. The molecule has 2 aromatic heterocycles. The molecule has 2 heterocycles. The summed E-state index contributed by atoms with van der Waals surface area (Å²) in [4.78, 5) is 25.7. The maximum atomic E-state index is 12.7. The van der Waals surface area contributed by atoms with Gasteiger partial charge in [-0.3, -0.25) is 9.36 Å². The number of carbonyl (C=O) groups is 1. The van der Waals surface area contributed by atoms with E-state index in [4.69, 9.17) is 0 Å². The van der Waals surface area contributed by atoms with E-state index in [-0.39, 0.29) is 17.6 Å². The second-order valence-electron chi connectivity index (χ2n) is 7.11. The van der Waals surface area contributed by atoms with Gasteiger partial charge in [0.05, 0.1) is 11.4 Å². The SMILES string of the molecule is O=C(CC1CCCC1)NCCn1nc(-c2cccs2)n(C2CC2)c1=O. The fourth-order valence-electron chi connectivity index (χ4n) is 3.65. The third-order valence-corrected chi connectivity index (χ3v) is 5.98. The summed E-state index contributed by atoms with van der Waals surface area (Å²) in [5.74, 6) is 1.40. The molecule has 25 heavy (non-hydrogen) atoms. The first kappa shape index (κ1) is 16.6. The van der Waals surface area contributed by atoms with E-state index in [0.717, 1.165) is 23.5 Å². The van der Waals surface area contributed by atoms with Gasteiger partial charge < -0.3 is 5.32 Å². The Kier molecular flexibility index (Phi) is 4.74. The van der Waals surface area contributed by atoms with Crippen molar-refractivity contribution in [2.45, 2.75) is 57.5 Å². The normalized spacial score (nSPS) is 17.9. The van der Waals surface area contributed by atoms with Crippen molar-refractivity contribution < 1.29 is 4.79 Å². The van der Waals surface area contributed by atoms with E-state index in [1.165, 1.54) is 30.4 Å². The van der Waals surface area contributed by atoms with Crippen molar-refractivity contribution in [2.75, 3.05) is 6.54 Å². The Morgan fingerprint density at radius 3 is 2.76 bits per heavy atom. The number of rotatable bonds is 7. The van der Waals surface area contributed by atoms with Gasteiger partial charge in [0.25, 0.3) is 0 Å². The molecule has 1 N–H and O–H groups in total. The molecule has 2 aliphatic carbocycles. The maximum Gasteiger partial charge on any atom is 0.346 e. The quantitative estimate of drug-likeness (QED) is 0.825. The molecule has 7 heteroatoms. The van der Waals surface area contributed by atoms with Crippen molar-refractivity contribution in [1.82, 2.24) is 19.7 Å². The molecule has 0 spiro atoms. The molecule has 0 saturated heterocycles. The third-order valence-electron chi connectivity index (χ3n) is 5.12. The smallest absolute Gasteiger partial charge is 0.346 e. The molecule has 0 atom stereocenters. The highest BCUT2D eigenvalue weighted by Gasteiger charge is 2.30. The van der Waals surface area contributed by atoms with Crippen LogP contribution in [0.25, 0.3) is 10.7 Å². The Balaban J connectivity index is 1.40. The fraction of sp³-hybridized carbons (Fsp3) is 0.611. The van der Waals surface area contributed by atoms with Gasteiger partial charge in [-0.25, -0.2) is 9.48 Å². The predicted molar refractivity (Wildman–Crippen MR) is 97.7 cm³/mol. The number of nitrogens with zero attached hydrogens (tertiary/aromatic N) is 3. The number of thiophene rings is 1. The second kappa shape index (κ2) is 7.15. The van der Waals surface area contributed by atoms with Gasteiger partial charge >= 0.3 is 5.69 Å². The van der Waals surface area contributed by atoms with Crippen molar-refractivity contribution in [3.8, 4) is 10.7 Å². The Bertz CT molecular complexity index is 783. The summed E-state index contributed by atoms with van der Waals surface area (Å²) < 4.78 is 3.33. The van der Waals surface area contributed by atoms with Crippen LogP contribution in [0.1, 0.15) is 51.0 Å². The van der Waals surface area contributed by atoms with Crippen LogP contribution in [0.4, 0.5) is 0 Å². The van der Waals surface area contributed by atoms with Crippen LogP contribution in [0.5, 0.6) is 0 Å². The first-order chi connectivity index (χ1) is 12.2. The number of nitrogens with one attached hydrogen (secondary N) is 1. The summed E-state index contributed by atoms with van der Waals surface area (Å²) in [5.41, 5.74) is -0.0593. The molecule has 0 aliphatic heterocycles. The zero-order valence-electron chi connectivity index (χ0n) is 14.3. The highest BCUT2D eigenvalue weighted by molar-refractivity contribution is 7.13. The van der Waals surface area contributed by atoms with Crippen molar-refractivity contribution in [1.29, 1.82) is 0 Å². The van der Waals surface area contributed by atoms with Gasteiger partial charge in [-0.1, -0.05) is 18.9 Å². The zero-order chi connectivity index (χ0) is 17.2. The molecule has 1 amide bonds. The standard InChI is InChI=1S/C18H24N4O2S/c23-16(12-13-4-1-2-5-13)19-9-10-21-18(24)22(14-7-8-14)17(20-21)15-6-3-11-25-15/h3,6,11,13-14H,1-2,4-5,7-10,12H2,(H,19,23). The van der Waals surface area contributed by atoms with Crippen molar-refractivity contribution >= 4 is 17.2 Å². The molecule has 2 aliphatic rings. The molecular weight excluding hydrogens is 336 g/mol. The van der Waals surface area contributed by atoms with Crippen LogP contribution in [-0.4, -0.2) is 26.8 Å². The zero-order valence-corrected chi connectivity index (χ0v) is 15.1. The Labute approximate surface area is 150 Å².